The van der Waals surface area contributed by atoms with Gasteiger partial charge in [0.25, 0.3) is 0 Å². The molecule has 2 aromatic rings. The van der Waals surface area contributed by atoms with Crippen molar-refractivity contribution in [3.05, 3.63) is 41.3 Å². The second-order valence-corrected chi connectivity index (χ2v) is 4.50. The van der Waals surface area contributed by atoms with Gasteiger partial charge < -0.3 is 5.32 Å². The fourth-order valence-corrected chi connectivity index (χ4v) is 2.37. The zero-order valence-electron chi connectivity index (χ0n) is 9.64. The van der Waals surface area contributed by atoms with E-state index in [-0.39, 0.29) is 6.04 Å². The van der Waals surface area contributed by atoms with Gasteiger partial charge in [-0.05, 0) is 43.1 Å². The molecular formula is C12H12N4S. The Kier molecular flexibility index (Phi) is 3.35. The van der Waals surface area contributed by atoms with E-state index in [4.69, 9.17) is 5.26 Å². The Hall–Kier alpha value is -1.93. The van der Waals surface area contributed by atoms with Gasteiger partial charge in [-0.2, -0.15) is 9.64 Å². The van der Waals surface area contributed by atoms with Gasteiger partial charge >= 0.3 is 0 Å². The lowest BCUT2D eigenvalue weighted by Gasteiger charge is -2.13. The van der Waals surface area contributed by atoms with Crippen LogP contribution in [0.3, 0.4) is 0 Å². The van der Waals surface area contributed by atoms with Crippen molar-refractivity contribution < 1.29 is 0 Å². The molecule has 2 heterocycles. The predicted octanol–water partition coefficient (Wildman–Crippen LogP) is 2.89. The summed E-state index contributed by atoms with van der Waals surface area (Å²) >= 11 is 1.32. The molecule has 0 aliphatic carbocycles. The van der Waals surface area contributed by atoms with Crippen LogP contribution in [0.4, 0.5) is 5.00 Å². The minimum absolute atomic E-state index is 0.130. The molecular weight excluding hydrogens is 232 g/mol. The second-order valence-electron chi connectivity index (χ2n) is 3.73. The smallest absolute Gasteiger partial charge is 0.128 e. The minimum Gasteiger partial charge on any atom is -0.368 e. The SMILES string of the molecule is Cc1nsc(NC(C)c2ccncc2)c1C#N. The van der Waals surface area contributed by atoms with Gasteiger partial charge in [0, 0.05) is 18.4 Å². The van der Waals surface area contributed by atoms with Crippen LogP contribution in [0, 0.1) is 18.3 Å². The summed E-state index contributed by atoms with van der Waals surface area (Å²) < 4.78 is 4.18. The van der Waals surface area contributed by atoms with Gasteiger partial charge in [0.15, 0.2) is 0 Å². The Balaban J connectivity index is 2.19. The number of nitriles is 1. The molecule has 5 heteroatoms. The van der Waals surface area contributed by atoms with E-state index in [1.807, 2.05) is 26.0 Å². The molecule has 0 aliphatic rings. The third kappa shape index (κ3) is 2.43. The van der Waals surface area contributed by atoms with E-state index in [9.17, 15) is 0 Å². The lowest BCUT2D eigenvalue weighted by molar-refractivity contribution is 0.884. The topological polar surface area (TPSA) is 61.6 Å². The van der Waals surface area contributed by atoms with Crippen LogP contribution in [-0.4, -0.2) is 9.36 Å². The number of pyridine rings is 1. The normalized spacial score (nSPS) is 11.8. The molecule has 2 rings (SSSR count). The number of hydrogen-bond donors (Lipinski definition) is 1. The highest BCUT2D eigenvalue weighted by molar-refractivity contribution is 7.10. The molecule has 0 fully saturated rings. The number of rotatable bonds is 3. The summed E-state index contributed by atoms with van der Waals surface area (Å²) in [5.41, 5.74) is 2.55. The largest absolute Gasteiger partial charge is 0.368 e. The molecule has 0 amide bonds. The van der Waals surface area contributed by atoms with Crippen molar-refractivity contribution in [3.63, 3.8) is 0 Å². The molecule has 4 nitrogen and oxygen atoms in total. The molecule has 0 bridgehead atoms. The first-order valence-corrected chi connectivity index (χ1v) is 6.02. The molecule has 0 aliphatic heterocycles. The summed E-state index contributed by atoms with van der Waals surface area (Å²) in [7, 11) is 0. The highest BCUT2D eigenvalue weighted by Gasteiger charge is 2.13. The first kappa shape index (κ1) is 11.6. The molecule has 86 valence electrons. The molecule has 0 radical (unpaired) electrons. The zero-order chi connectivity index (χ0) is 12.3. The van der Waals surface area contributed by atoms with Crippen molar-refractivity contribution in [2.45, 2.75) is 19.9 Å². The average molecular weight is 244 g/mol. The van der Waals surface area contributed by atoms with Crippen molar-refractivity contribution >= 4 is 16.5 Å². The Morgan fingerprint density at radius 1 is 1.41 bits per heavy atom. The number of hydrogen-bond acceptors (Lipinski definition) is 5. The zero-order valence-corrected chi connectivity index (χ0v) is 10.5. The van der Waals surface area contributed by atoms with Crippen LogP contribution >= 0.6 is 11.5 Å². The van der Waals surface area contributed by atoms with Gasteiger partial charge in [0.05, 0.1) is 5.69 Å². The lowest BCUT2D eigenvalue weighted by Crippen LogP contribution is -2.06. The lowest BCUT2D eigenvalue weighted by atomic mass is 10.1. The summed E-state index contributed by atoms with van der Waals surface area (Å²) in [6.07, 6.45) is 3.52. The van der Waals surface area contributed by atoms with Gasteiger partial charge in [0.2, 0.25) is 0 Å². The van der Waals surface area contributed by atoms with E-state index in [0.717, 1.165) is 16.3 Å². The van der Waals surface area contributed by atoms with Gasteiger partial charge in [-0.15, -0.1) is 0 Å². The fraction of sp³-hybridized carbons (Fsp3) is 0.250. The van der Waals surface area contributed by atoms with E-state index in [2.05, 4.69) is 20.7 Å². The summed E-state index contributed by atoms with van der Waals surface area (Å²) in [5, 5.41) is 13.2. The van der Waals surface area contributed by atoms with Gasteiger partial charge in [-0.3, -0.25) is 4.98 Å². The number of anilines is 1. The Morgan fingerprint density at radius 3 is 2.76 bits per heavy atom. The summed E-state index contributed by atoms with van der Waals surface area (Å²) in [5.74, 6) is 0. The fourth-order valence-electron chi connectivity index (χ4n) is 1.53. The molecule has 0 saturated heterocycles. The van der Waals surface area contributed by atoms with Crippen molar-refractivity contribution in [3.8, 4) is 6.07 Å². The predicted molar refractivity (Wildman–Crippen MR) is 67.8 cm³/mol. The van der Waals surface area contributed by atoms with Crippen LogP contribution in [0.1, 0.15) is 29.8 Å². The molecule has 2 aromatic heterocycles. The van der Waals surface area contributed by atoms with Crippen LogP contribution in [0.2, 0.25) is 0 Å². The van der Waals surface area contributed by atoms with Crippen LogP contribution in [-0.2, 0) is 0 Å². The minimum atomic E-state index is 0.130. The third-order valence-electron chi connectivity index (χ3n) is 2.53. The molecule has 1 N–H and O–H groups in total. The monoisotopic (exact) mass is 244 g/mol. The highest BCUT2D eigenvalue weighted by atomic mass is 32.1. The second kappa shape index (κ2) is 4.93. The van der Waals surface area contributed by atoms with Crippen LogP contribution in [0.5, 0.6) is 0 Å². The van der Waals surface area contributed by atoms with Gasteiger partial charge in [0.1, 0.15) is 16.6 Å². The Bertz CT molecular complexity index is 541. The maximum Gasteiger partial charge on any atom is 0.128 e. The van der Waals surface area contributed by atoms with Crippen LogP contribution < -0.4 is 5.32 Å². The number of aryl methyl sites for hydroxylation is 1. The number of aromatic nitrogens is 2. The van der Waals surface area contributed by atoms with E-state index in [1.165, 1.54) is 11.5 Å². The first-order chi connectivity index (χ1) is 8.22. The molecule has 0 aromatic carbocycles. The number of nitrogens with zero attached hydrogens (tertiary/aromatic N) is 3. The molecule has 1 unspecified atom stereocenters. The molecule has 1 atom stereocenters. The van der Waals surface area contributed by atoms with E-state index >= 15 is 0 Å². The van der Waals surface area contributed by atoms with Crippen molar-refractivity contribution in [1.82, 2.24) is 9.36 Å². The van der Waals surface area contributed by atoms with E-state index in [0.29, 0.717) is 5.56 Å². The summed E-state index contributed by atoms with van der Waals surface area (Å²) in [4.78, 5) is 3.98. The first-order valence-electron chi connectivity index (χ1n) is 5.25. The summed E-state index contributed by atoms with van der Waals surface area (Å²) in [6.45, 7) is 3.89. The Morgan fingerprint density at radius 2 is 2.12 bits per heavy atom. The van der Waals surface area contributed by atoms with Crippen LogP contribution in [0.25, 0.3) is 0 Å². The maximum absolute atomic E-state index is 9.04. The van der Waals surface area contributed by atoms with E-state index < -0.39 is 0 Å². The van der Waals surface area contributed by atoms with Crippen molar-refractivity contribution in [2.24, 2.45) is 0 Å². The molecule has 17 heavy (non-hydrogen) atoms. The quantitative estimate of drug-likeness (QED) is 0.901. The van der Waals surface area contributed by atoms with Gasteiger partial charge in [-0.1, -0.05) is 0 Å². The summed E-state index contributed by atoms with van der Waals surface area (Å²) in [6, 6.07) is 6.22. The Labute approximate surface area is 104 Å². The molecule has 0 spiro atoms. The third-order valence-corrected chi connectivity index (χ3v) is 3.40. The van der Waals surface area contributed by atoms with Crippen molar-refractivity contribution in [1.29, 1.82) is 5.26 Å². The van der Waals surface area contributed by atoms with Crippen molar-refractivity contribution in [2.75, 3.05) is 5.32 Å². The average Bonchev–Trinajstić information content (AvgIpc) is 2.71. The maximum atomic E-state index is 9.04. The standard InChI is InChI=1S/C12H12N4S/c1-8(10-3-5-14-6-4-10)15-12-11(7-13)9(2)16-17-12/h3-6,8,15H,1-2H3. The molecule has 0 saturated carbocycles. The van der Waals surface area contributed by atoms with Crippen LogP contribution in [0.15, 0.2) is 24.5 Å². The number of nitrogens with one attached hydrogen (secondary N) is 1. The van der Waals surface area contributed by atoms with E-state index in [1.54, 1.807) is 12.4 Å². The highest BCUT2D eigenvalue weighted by Crippen LogP contribution is 2.27. The van der Waals surface area contributed by atoms with Gasteiger partial charge in [-0.25, -0.2) is 0 Å².